The van der Waals surface area contributed by atoms with E-state index >= 15 is 0 Å². The molecule has 0 aliphatic rings. The van der Waals surface area contributed by atoms with Crippen molar-refractivity contribution in [1.29, 1.82) is 0 Å². The van der Waals surface area contributed by atoms with Gasteiger partial charge in [0.25, 0.3) is 0 Å². The molecule has 0 unspecified atom stereocenters. The highest BCUT2D eigenvalue weighted by Crippen LogP contribution is 2.25. The van der Waals surface area contributed by atoms with Gasteiger partial charge in [-0.3, -0.25) is 0 Å². The van der Waals surface area contributed by atoms with Crippen LogP contribution < -0.4 is 0 Å². The highest BCUT2D eigenvalue weighted by Gasteiger charge is 2.29. The van der Waals surface area contributed by atoms with Gasteiger partial charge in [-0.1, -0.05) is 36.8 Å². The van der Waals surface area contributed by atoms with Gasteiger partial charge in [0, 0.05) is 5.75 Å². The molecule has 0 amide bonds. The third kappa shape index (κ3) is 2.97. The smallest absolute Gasteiger partial charge is 0.169 e. The molecule has 90 valence electrons. The monoisotopic (exact) mass is 262 g/mol. The van der Waals surface area contributed by atoms with E-state index in [9.17, 15) is 13.5 Å². The summed E-state index contributed by atoms with van der Waals surface area (Å²) in [5.74, 6) is -0.0793. The number of hydrogen-bond donors (Lipinski definition) is 1. The summed E-state index contributed by atoms with van der Waals surface area (Å²) in [6, 6.07) is 6.97. The number of sulfone groups is 1. The molecule has 2 atom stereocenters. The molecule has 3 nitrogen and oxygen atoms in total. The van der Waals surface area contributed by atoms with E-state index in [1.165, 1.54) is 6.92 Å². The van der Waals surface area contributed by atoms with Gasteiger partial charge in [0.15, 0.2) is 14.5 Å². The second kappa shape index (κ2) is 5.17. The predicted molar refractivity (Wildman–Crippen MR) is 65.2 cm³/mol. The molecule has 0 aromatic heterocycles. The number of benzene rings is 1. The minimum atomic E-state index is -3.44. The Bertz CT molecular complexity index is 439. The van der Waals surface area contributed by atoms with Crippen LogP contribution in [0.4, 0.5) is 0 Å². The third-order valence-corrected chi connectivity index (χ3v) is 5.21. The fourth-order valence-corrected chi connectivity index (χ4v) is 2.66. The van der Waals surface area contributed by atoms with Crippen LogP contribution in [0.15, 0.2) is 24.3 Å². The van der Waals surface area contributed by atoms with Crippen LogP contribution in [-0.4, -0.2) is 24.0 Å². The lowest BCUT2D eigenvalue weighted by atomic mass is 10.1. The SMILES string of the molecule is CCS(=O)(=O)[C@H](Cl)[C@H](O)c1ccc(C)cc1. The van der Waals surface area contributed by atoms with E-state index in [0.29, 0.717) is 5.56 Å². The summed E-state index contributed by atoms with van der Waals surface area (Å²) in [6.45, 7) is 3.42. The van der Waals surface area contributed by atoms with E-state index in [1.54, 1.807) is 24.3 Å². The van der Waals surface area contributed by atoms with Crippen molar-refractivity contribution in [2.75, 3.05) is 5.75 Å². The average molecular weight is 263 g/mol. The van der Waals surface area contributed by atoms with Crippen LogP contribution in [0.25, 0.3) is 0 Å². The lowest BCUT2D eigenvalue weighted by molar-refractivity contribution is 0.191. The molecule has 0 radical (unpaired) electrons. The minimum absolute atomic E-state index is 0.0793. The summed E-state index contributed by atoms with van der Waals surface area (Å²) in [5.41, 5.74) is 1.56. The highest BCUT2D eigenvalue weighted by atomic mass is 35.5. The summed E-state index contributed by atoms with van der Waals surface area (Å²) in [7, 11) is -3.44. The Morgan fingerprint density at radius 2 is 1.81 bits per heavy atom. The zero-order valence-corrected chi connectivity index (χ0v) is 10.8. The summed E-state index contributed by atoms with van der Waals surface area (Å²) in [6.07, 6.45) is -1.19. The molecule has 0 saturated carbocycles. The van der Waals surface area contributed by atoms with Crippen molar-refractivity contribution >= 4 is 21.4 Å². The van der Waals surface area contributed by atoms with Crippen molar-refractivity contribution in [1.82, 2.24) is 0 Å². The second-order valence-corrected chi connectivity index (χ2v) is 6.80. The lowest BCUT2D eigenvalue weighted by Gasteiger charge is -2.17. The van der Waals surface area contributed by atoms with Gasteiger partial charge >= 0.3 is 0 Å². The number of hydrogen-bond acceptors (Lipinski definition) is 3. The van der Waals surface area contributed by atoms with Gasteiger partial charge < -0.3 is 5.11 Å². The molecule has 0 aliphatic carbocycles. The van der Waals surface area contributed by atoms with Crippen molar-refractivity contribution in [2.45, 2.75) is 24.7 Å². The molecular formula is C11H15ClO3S. The number of alkyl halides is 1. The van der Waals surface area contributed by atoms with Crippen LogP contribution in [0.3, 0.4) is 0 Å². The van der Waals surface area contributed by atoms with Crippen LogP contribution >= 0.6 is 11.6 Å². The topological polar surface area (TPSA) is 54.4 Å². The van der Waals surface area contributed by atoms with Gasteiger partial charge in [-0.15, -0.1) is 11.6 Å². The van der Waals surface area contributed by atoms with E-state index in [-0.39, 0.29) is 5.75 Å². The van der Waals surface area contributed by atoms with Gasteiger partial charge in [-0.2, -0.15) is 0 Å². The van der Waals surface area contributed by atoms with Crippen molar-refractivity contribution in [2.24, 2.45) is 0 Å². The lowest BCUT2D eigenvalue weighted by Crippen LogP contribution is -2.24. The Labute approximate surface area is 101 Å². The minimum Gasteiger partial charge on any atom is -0.386 e. The Morgan fingerprint density at radius 1 is 1.31 bits per heavy atom. The van der Waals surface area contributed by atoms with E-state index in [4.69, 9.17) is 11.6 Å². The van der Waals surface area contributed by atoms with Crippen LogP contribution in [0.2, 0.25) is 0 Å². The van der Waals surface area contributed by atoms with Crippen molar-refractivity contribution < 1.29 is 13.5 Å². The predicted octanol–water partition coefficient (Wildman–Crippen LogP) is 2.03. The van der Waals surface area contributed by atoms with Crippen LogP contribution in [0.1, 0.15) is 24.2 Å². The molecule has 0 bridgehead atoms. The van der Waals surface area contributed by atoms with Gasteiger partial charge in [0.1, 0.15) is 6.10 Å². The molecule has 5 heteroatoms. The van der Waals surface area contributed by atoms with E-state index < -0.39 is 20.7 Å². The molecule has 1 rings (SSSR count). The summed E-state index contributed by atoms with van der Waals surface area (Å²) in [5, 5.41) is 9.84. The zero-order valence-electron chi connectivity index (χ0n) is 9.22. The summed E-state index contributed by atoms with van der Waals surface area (Å²) >= 11 is 5.76. The van der Waals surface area contributed by atoms with Crippen molar-refractivity contribution in [3.63, 3.8) is 0 Å². The first-order valence-electron chi connectivity index (χ1n) is 4.98. The van der Waals surface area contributed by atoms with Crippen LogP contribution in [0.5, 0.6) is 0 Å². The van der Waals surface area contributed by atoms with E-state index in [1.807, 2.05) is 6.92 Å². The van der Waals surface area contributed by atoms with Crippen molar-refractivity contribution in [3.05, 3.63) is 35.4 Å². The van der Waals surface area contributed by atoms with Gasteiger partial charge in [0.2, 0.25) is 0 Å². The zero-order chi connectivity index (χ0) is 12.3. The quantitative estimate of drug-likeness (QED) is 0.845. The molecule has 0 spiro atoms. The van der Waals surface area contributed by atoms with Gasteiger partial charge in [-0.25, -0.2) is 8.42 Å². The van der Waals surface area contributed by atoms with Gasteiger partial charge in [0.05, 0.1) is 0 Å². The first-order chi connectivity index (χ1) is 7.38. The number of rotatable bonds is 4. The molecule has 1 aromatic rings. The summed E-state index contributed by atoms with van der Waals surface area (Å²) < 4.78 is 21.7. The molecule has 1 aromatic carbocycles. The number of aliphatic hydroxyl groups is 1. The largest absolute Gasteiger partial charge is 0.386 e. The Hall–Kier alpha value is -0.580. The third-order valence-electron chi connectivity index (χ3n) is 2.41. The maximum Gasteiger partial charge on any atom is 0.169 e. The molecule has 0 heterocycles. The van der Waals surface area contributed by atoms with Crippen molar-refractivity contribution in [3.8, 4) is 0 Å². The number of aliphatic hydroxyl groups excluding tert-OH is 1. The van der Waals surface area contributed by atoms with E-state index in [0.717, 1.165) is 5.56 Å². The second-order valence-electron chi connectivity index (χ2n) is 3.66. The fraction of sp³-hybridized carbons (Fsp3) is 0.455. The standard InChI is InChI=1S/C11H15ClO3S/c1-3-16(14,15)11(12)10(13)9-6-4-8(2)5-7-9/h4-7,10-11,13H,3H2,1-2H3/t10-,11+/m1/s1. The first-order valence-corrected chi connectivity index (χ1v) is 7.14. The normalized spacial score (nSPS) is 15.8. The first kappa shape index (κ1) is 13.5. The molecule has 16 heavy (non-hydrogen) atoms. The summed E-state index contributed by atoms with van der Waals surface area (Å²) in [4.78, 5) is 0. The Balaban J connectivity index is 2.94. The highest BCUT2D eigenvalue weighted by molar-refractivity contribution is 7.93. The van der Waals surface area contributed by atoms with Crippen LogP contribution in [-0.2, 0) is 9.84 Å². The maximum atomic E-state index is 11.5. The molecule has 1 N–H and O–H groups in total. The number of halogens is 1. The molecular weight excluding hydrogens is 248 g/mol. The molecule has 0 fully saturated rings. The van der Waals surface area contributed by atoms with Gasteiger partial charge in [-0.05, 0) is 12.5 Å². The van der Waals surface area contributed by atoms with Crippen LogP contribution in [0, 0.1) is 6.92 Å². The fourth-order valence-electron chi connectivity index (χ4n) is 1.27. The Morgan fingerprint density at radius 3 is 2.25 bits per heavy atom. The molecule has 0 aliphatic heterocycles. The Kier molecular flexibility index (Phi) is 4.35. The molecule has 0 saturated heterocycles. The average Bonchev–Trinajstić information content (AvgIpc) is 2.28. The van der Waals surface area contributed by atoms with E-state index in [2.05, 4.69) is 0 Å². The number of aryl methyl sites for hydroxylation is 1. The maximum absolute atomic E-state index is 11.5.